The maximum Gasteiger partial charge on any atom is 0.321 e. The first-order valence-corrected chi connectivity index (χ1v) is 6.88. The monoisotopic (exact) mass is 291 g/mol. The Balaban J connectivity index is 2.03. The first-order valence-electron chi connectivity index (χ1n) is 6.88. The zero-order valence-corrected chi connectivity index (χ0v) is 12.6. The van der Waals surface area contributed by atoms with Crippen molar-refractivity contribution in [1.82, 2.24) is 4.90 Å². The second kappa shape index (κ2) is 5.63. The van der Waals surface area contributed by atoms with Gasteiger partial charge >= 0.3 is 12.0 Å². The molecule has 1 heterocycles. The predicted octanol–water partition coefficient (Wildman–Crippen LogP) is 2.08. The molecule has 1 aromatic carbocycles. The number of carbonyl (C=O) groups excluding carboxylic acids is 1. The van der Waals surface area contributed by atoms with Crippen molar-refractivity contribution >= 4 is 23.4 Å². The van der Waals surface area contributed by atoms with Crippen LogP contribution in [-0.4, -0.2) is 49.2 Å². The number of aliphatic carboxylic acids is 1. The van der Waals surface area contributed by atoms with Crippen LogP contribution < -0.4 is 10.2 Å². The molecular formula is C15H21N3O3. The molecule has 2 rings (SSSR count). The van der Waals surface area contributed by atoms with Gasteiger partial charge in [-0.3, -0.25) is 4.79 Å². The number of benzene rings is 1. The topological polar surface area (TPSA) is 72.9 Å². The summed E-state index contributed by atoms with van der Waals surface area (Å²) in [5, 5.41) is 12.0. The van der Waals surface area contributed by atoms with E-state index < -0.39 is 11.4 Å². The van der Waals surface area contributed by atoms with Crippen molar-refractivity contribution in [3.05, 3.63) is 24.3 Å². The Kier molecular flexibility index (Phi) is 4.06. The molecule has 1 fully saturated rings. The average Bonchev–Trinajstić information content (AvgIpc) is 2.83. The van der Waals surface area contributed by atoms with Gasteiger partial charge in [0, 0.05) is 38.6 Å². The summed E-state index contributed by atoms with van der Waals surface area (Å²) in [4.78, 5) is 26.9. The van der Waals surface area contributed by atoms with Crippen molar-refractivity contribution in [3.8, 4) is 0 Å². The summed E-state index contributed by atoms with van der Waals surface area (Å²) in [6, 6.07) is 7.27. The van der Waals surface area contributed by atoms with Crippen LogP contribution in [-0.2, 0) is 4.79 Å². The minimum atomic E-state index is -0.854. The van der Waals surface area contributed by atoms with Crippen LogP contribution in [0.1, 0.15) is 13.3 Å². The van der Waals surface area contributed by atoms with Gasteiger partial charge in [0.2, 0.25) is 0 Å². The number of carboxylic acid groups (broad SMARTS) is 1. The van der Waals surface area contributed by atoms with Gasteiger partial charge in [0.1, 0.15) is 0 Å². The van der Waals surface area contributed by atoms with E-state index in [1.54, 1.807) is 11.8 Å². The van der Waals surface area contributed by atoms with Crippen LogP contribution in [0, 0.1) is 5.41 Å². The molecule has 0 bridgehead atoms. The Hall–Kier alpha value is -2.24. The smallest absolute Gasteiger partial charge is 0.321 e. The molecule has 2 N–H and O–H groups in total. The van der Waals surface area contributed by atoms with Crippen LogP contribution in [0.5, 0.6) is 0 Å². The van der Waals surface area contributed by atoms with Crippen molar-refractivity contribution in [2.45, 2.75) is 13.3 Å². The SMILES string of the molecule is CN(C)c1cccc(NC(=O)N2CCC(C)(C(=O)O)C2)c1. The van der Waals surface area contributed by atoms with Gasteiger partial charge in [0.15, 0.2) is 0 Å². The molecular weight excluding hydrogens is 270 g/mol. The van der Waals surface area contributed by atoms with Gasteiger partial charge in [0.25, 0.3) is 0 Å². The number of likely N-dealkylation sites (tertiary alicyclic amines) is 1. The Morgan fingerprint density at radius 3 is 2.67 bits per heavy atom. The summed E-state index contributed by atoms with van der Waals surface area (Å²) in [7, 11) is 3.86. The van der Waals surface area contributed by atoms with Gasteiger partial charge in [-0.15, -0.1) is 0 Å². The molecule has 0 spiro atoms. The number of carboxylic acids is 1. The van der Waals surface area contributed by atoms with Crippen molar-refractivity contribution in [2.24, 2.45) is 5.41 Å². The van der Waals surface area contributed by atoms with Gasteiger partial charge in [-0.2, -0.15) is 0 Å². The van der Waals surface area contributed by atoms with Crippen molar-refractivity contribution in [2.75, 3.05) is 37.4 Å². The van der Waals surface area contributed by atoms with E-state index in [4.69, 9.17) is 0 Å². The van der Waals surface area contributed by atoms with E-state index in [2.05, 4.69) is 5.32 Å². The predicted molar refractivity (Wildman–Crippen MR) is 81.7 cm³/mol. The van der Waals surface area contributed by atoms with E-state index >= 15 is 0 Å². The molecule has 6 nitrogen and oxygen atoms in total. The Morgan fingerprint density at radius 2 is 2.10 bits per heavy atom. The molecule has 1 aliphatic heterocycles. The summed E-state index contributed by atoms with van der Waals surface area (Å²) in [6.45, 7) is 2.37. The lowest BCUT2D eigenvalue weighted by Crippen LogP contribution is -2.37. The fourth-order valence-electron chi connectivity index (χ4n) is 2.37. The first-order chi connectivity index (χ1) is 9.82. The van der Waals surface area contributed by atoms with Gasteiger partial charge in [-0.05, 0) is 31.5 Å². The quantitative estimate of drug-likeness (QED) is 0.894. The summed E-state index contributed by atoms with van der Waals surface area (Å²) in [5.74, 6) is -0.854. The highest BCUT2D eigenvalue weighted by molar-refractivity contribution is 5.91. The van der Waals surface area contributed by atoms with E-state index in [9.17, 15) is 14.7 Å². The molecule has 1 aromatic rings. The minimum absolute atomic E-state index is 0.238. The van der Waals surface area contributed by atoms with Crippen molar-refractivity contribution in [1.29, 1.82) is 0 Å². The number of urea groups is 1. The summed E-state index contributed by atoms with van der Waals surface area (Å²) >= 11 is 0. The molecule has 2 amide bonds. The summed E-state index contributed by atoms with van der Waals surface area (Å²) in [5.41, 5.74) is 0.850. The summed E-state index contributed by atoms with van der Waals surface area (Å²) < 4.78 is 0. The van der Waals surface area contributed by atoms with E-state index in [-0.39, 0.29) is 12.6 Å². The lowest BCUT2D eigenvalue weighted by Gasteiger charge is -2.21. The van der Waals surface area contributed by atoms with Gasteiger partial charge in [-0.25, -0.2) is 4.79 Å². The normalized spacial score (nSPS) is 21.2. The fraction of sp³-hybridized carbons (Fsp3) is 0.467. The molecule has 1 atom stereocenters. The lowest BCUT2D eigenvalue weighted by molar-refractivity contribution is -0.146. The number of nitrogens with one attached hydrogen (secondary N) is 1. The fourth-order valence-corrected chi connectivity index (χ4v) is 2.37. The summed E-state index contributed by atoms with van der Waals surface area (Å²) in [6.07, 6.45) is 0.480. The molecule has 1 unspecified atom stereocenters. The van der Waals surface area contributed by atoms with E-state index in [0.717, 1.165) is 5.69 Å². The number of carbonyl (C=O) groups is 2. The van der Waals surface area contributed by atoms with E-state index in [1.165, 1.54) is 0 Å². The average molecular weight is 291 g/mol. The number of nitrogens with zero attached hydrogens (tertiary/aromatic N) is 2. The largest absolute Gasteiger partial charge is 0.481 e. The standard InChI is InChI=1S/C15H21N3O3/c1-15(13(19)20)7-8-18(10-15)14(21)16-11-5-4-6-12(9-11)17(2)3/h4-6,9H,7-8,10H2,1-3H3,(H,16,21)(H,19,20). The first kappa shape index (κ1) is 15.2. The molecule has 6 heteroatoms. The highest BCUT2D eigenvalue weighted by atomic mass is 16.4. The third-order valence-corrected chi connectivity index (χ3v) is 3.89. The van der Waals surface area contributed by atoms with Gasteiger partial charge in [-0.1, -0.05) is 6.07 Å². The van der Waals surface area contributed by atoms with Gasteiger partial charge < -0.3 is 20.2 Å². The number of anilines is 2. The second-order valence-electron chi connectivity index (χ2n) is 5.91. The van der Waals surface area contributed by atoms with Crippen molar-refractivity contribution < 1.29 is 14.7 Å². The number of amides is 2. The third-order valence-electron chi connectivity index (χ3n) is 3.89. The highest BCUT2D eigenvalue weighted by Crippen LogP contribution is 2.30. The molecule has 114 valence electrons. The van der Waals surface area contributed by atoms with Crippen LogP contribution in [0.25, 0.3) is 0 Å². The number of rotatable bonds is 3. The van der Waals surface area contributed by atoms with Crippen LogP contribution in [0.15, 0.2) is 24.3 Å². The van der Waals surface area contributed by atoms with E-state index in [0.29, 0.717) is 18.7 Å². The van der Waals surface area contributed by atoms with Crippen LogP contribution >= 0.6 is 0 Å². The number of hydrogen-bond donors (Lipinski definition) is 2. The van der Waals surface area contributed by atoms with Crippen LogP contribution in [0.2, 0.25) is 0 Å². The molecule has 0 saturated carbocycles. The molecule has 0 aliphatic carbocycles. The highest BCUT2D eigenvalue weighted by Gasteiger charge is 2.42. The second-order valence-corrected chi connectivity index (χ2v) is 5.91. The minimum Gasteiger partial charge on any atom is -0.481 e. The Morgan fingerprint density at radius 1 is 1.38 bits per heavy atom. The zero-order chi connectivity index (χ0) is 15.6. The van der Waals surface area contributed by atoms with Crippen LogP contribution in [0.4, 0.5) is 16.2 Å². The lowest BCUT2D eigenvalue weighted by atomic mass is 9.90. The molecule has 1 saturated heterocycles. The molecule has 21 heavy (non-hydrogen) atoms. The van der Waals surface area contributed by atoms with Crippen LogP contribution in [0.3, 0.4) is 0 Å². The maximum absolute atomic E-state index is 12.2. The Labute approximate surface area is 124 Å². The third kappa shape index (κ3) is 3.26. The van der Waals surface area contributed by atoms with Gasteiger partial charge in [0.05, 0.1) is 5.41 Å². The Bertz CT molecular complexity index is 559. The maximum atomic E-state index is 12.2. The number of hydrogen-bond acceptors (Lipinski definition) is 3. The molecule has 0 radical (unpaired) electrons. The van der Waals surface area contributed by atoms with Crippen molar-refractivity contribution in [3.63, 3.8) is 0 Å². The molecule has 0 aromatic heterocycles. The molecule has 1 aliphatic rings. The zero-order valence-electron chi connectivity index (χ0n) is 12.6. The van der Waals surface area contributed by atoms with E-state index in [1.807, 2.05) is 43.3 Å².